The van der Waals surface area contributed by atoms with Gasteiger partial charge in [-0.15, -0.1) is 0 Å². The van der Waals surface area contributed by atoms with Crippen LogP contribution in [0, 0.1) is 0 Å². The van der Waals surface area contributed by atoms with E-state index in [0.717, 1.165) is 0 Å². The molecule has 0 radical (unpaired) electrons. The summed E-state index contributed by atoms with van der Waals surface area (Å²) in [5, 5.41) is 3.27. The monoisotopic (exact) mass is 161 g/mol. The van der Waals surface area contributed by atoms with Gasteiger partial charge in [-0.25, -0.2) is 0 Å². The zero-order valence-corrected chi connectivity index (χ0v) is 7.62. The number of hydrogen-bond acceptors (Lipinski definition) is 1. The molecule has 1 rings (SSSR count). The Kier molecular flexibility index (Phi) is 3.39. The Balaban J connectivity index is 2.59. The van der Waals surface area contributed by atoms with Crippen molar-refractivity contribution in [1.82, 2.24) is 5.32 Å². The van der Waals surface area contributed by atoms with Gasteiger partial charge in [0.25, 0.3) is 0 Å². The normalized spacial score (nSPS) is 13.2. The molecule has 1 nitrogen and oxygen atoms in total. The van der Waals surface area contributed by atoms with Crippen LogP contribution in [0.5, 0.6) is 0 Å². The van der Waals surface area contributed by atoms with Crippen LogP contribution in [0.1, 0.15) is 25.5 Å². The molecule has 1 N–H and O–H groups in total. The third-order valence-electron chi connectivity index (χ3n) is 1.81. The van der Waals surface area contributed by atoms with E-state index in [4.69, 9.17) is 0 Å². The van der Waals surface area contributed by atoms with Crippen LogP contribution in [0.15, 0.2) is 42.6 Å². The summed E-state index contributed by atoms with van der Waals surface area (Å²) in [6, 6.07) is 10.8. The van der Waals surface area contributed by atoms with Crippen molar-refractivity contribution in [1.29, 1.82) is 0 Å². The van der Waals surface area contributed by atoms with Crippen molar-refractivity contribution in [3.63, 3.8) is 0 Å². The van der Waals surface area contributed by atoms with Gasteiger partial charge in [-0.05, 0) is 25.6 Å². The van der Waals surface area contributed by atoms with Crippen molar-refractivity contribution in [2.24, 2.45) is 0 Å². The van der Waals surface area contributed by atoms with E-state index in [1.165, 1.54) is 5.56 Å². The van der Waals surface area contributed by atoms with Crippen molar-refractivity contribution in [2.45, 2.75) is 19.9 Å². The van der Waals surface area contributed by atoms with Crippen molar-refractivity contribution in [2.75, 3.05) is 0 Å². The molecule has 64 valence electrons. The first-order valence-corrected chi connectivity index (χ1v) is 4.26. The highest BCUT2D eigenvalue weighted by molar-refractivity contribution is 5.18. The second-order valence-corrected chi connectivity index (χ2v) is 2.80. The highest BCUT2D eigenvalue weighted by atomic mass is 14.9. The standard InChI is InChI=1S/C11H15N/c1-3-9-12-10(2)11-7-5-4-6-8-11/h3-10,12H,1-2H3/b9-3+/t10-/m1/s1. The maximum Gasteiger partial charge on any atom is 0.0480 e. The molecule has 0 saturated carbocycles. The van der Waals surface area contributed by atoms with Gasteiger partial charge in [-0.3, -0.25) is 0 Å². The van der Waals surface area contributed by atoms with E-state index in [-0.39, 0.29) is 0 Å². The van der Waals surface area contributed by atoms with E-state index < -0.39 is 0 Å². The largest absolute Gasteiger partial charge is 0.385 e. The van der Waals surface area contributed by atoms with Gasteiger partial charge in [0.05, 0.1) is 0 Å². The summed E-state index contributed by atoms with van der Waals surface area (Å²) < 4.78 is 0. The first kappa shape index (κ1) is 8.85. The molecule has 0 spiro atoms. The van der Waals surface area contributed by atoms with E-state index >= 15 is 0 Å². The van der Waals surface area contributed by atoms with Crippen LogP contribution in [0.2, 0.25) is 0 Å². The van der Waals surface area contributed by atoms with Gasteiger partial charge in [0.1, 0.15) is 0 Å². The van der Waals surface area contributed by atoms with Crippen LogP contribution in [0.3, 0.4) is 0 Å². The summed E-state index contributed by atoms with van der Waals surface area (Å²) in [7, 11) is 0. The lowest BCUT2D eigenvalue weighted by Gasteiger charge is -2.11. The van der Waals surface area contributed by atoms with Crippen LogP contribution >= 0.6 is 0 Å². The van der Waals surface area contributed by atoms with Gasteiger partial charge >= 0.3 is 0 Å². The SMILES string of the molecule is C/C=C/N[C@H](C)c1ccccc1. The second-order valence-electron chi connectivity index (χ2n) is 2.80. The van der Waals surface area contributed by atoms with Gasteiger partial charge < -0.3 is 5.32 Å². The molecule has 0 aliphatic carbocycles. The molecule has 12 heavy (non-hydrogen) atoms. The smallest absolute Gasteiger partial charge is 0.0480 e. The van der Waals surface area contributed by atoms with Gasteiger partial charge in [0.2, 0.25) is 0 Å². The minimum Gasteiger partial charge on any atom is -0.385 e. The zero-order valence-electron chi connectivity index (χ0n) is 7.62. The molecule has 0 aromatic heterocycles. The first-order chi connectivity index (χ1) is 5.84. The molecule has 0 amide bonds. The van der Waals surface area contributed by atoms with Crippen LogP contribution in [-0.2, 0) is 0 Å². The molecule has 0 fully saturated rings. The summed E-state index contributed by atoms with van der Waals surface area (Å²) in [6.07, 6.45) is 3.97. The number of allylic oxidation sites excluding steroid dienone is 1. The van der Waals surface area contributed by atoms with Gasteiger partial charge in [0.15, 0.2) is 0 Å². The lowest BCUT2D eigenvalue weighted by atomic mass is 10.1. The van der Waals surface area contributed by atoms with E-state index in [0.29, 0.717) is 6.04 Å². The lowest BCUT2D eigenvalue weighted by Crippen LogP contribution is -2.10. The highest BCUT2D eigenvalue weighted by Crippen LogP contribution is 2.10. The van der Waals surface area contributed by atoms with Gasteiger partial charge in [-0.2, -0.15) is 0 Å². The van der Waals surface area contributed by atoms with Crippen molar-refractivity contribution in [3.05, 3.63) is 48.2 Å². The molecule has 0 heterocycles. The molecule has 1 aromatic rings. The van der Waals surface area contributed by atoms with E-state index in [2.05, 4.69) is 36.5 Å². The maximum atomic E-state index is 3.27. The first-order valence-electron chi connectivity index (χ1n) is 4.26. The maximum absolute atomic E-state index is 3.27. The fourth-order valence-corrected chi connectivity index (χ4v) is 1.08. The average molecular weight is 161 g/mol. The number of nitrogens with one attached hydrogen (secondary N) is 1. The summed E-state index contributed by atoms with van der Waals surface area (Å²) >= 11 is 0. The van der Waals surface area contributed by atoms with Crippen LogP contribution in [0.4, 0.5) is 0 Å². The Labute approximate surface area is 74.1 Å². The van der Waals surface area contributed by atoms with Crippen molar-refractivity contribution in [3.8, 4) is 0 Å². The number of hydrogen-bond donors (Lipinski definition) is 1. The Hall–Kier alpha value is -1.24. The van der Waals surface area contributed by atoms with Crippen molar-refractivity contribution < 1.29 is 0 Å². The predicted octanol–water partition coefficient (Wildman–Crippen LogP) is 2.87. The minimum atomic E-state index is 0.391. The molecule has 1 atom stereocenters. The summed E-state index contributed by atoms with van der Waals surface area (Å²) in [5.74, 6) is 0. The molecular formula is C11H15N. The van der Waals surface area contributed by atoms with Crippen LogP contribution in [0.25, 0.3) is 0 Å². The fraction of sp³-hybridized carbons (Fsp3) is 0.273. The van der Waals surface area contributed by atoms with E-state index in [9.17, 15) is 0 Å². The lowest BCUT2D eigenvalue weighted by molar-refractivity contribution is 0.686. The Morgan fingerprint density at radius 3 is 2.50 bits per heavy atom. The minimum absolute atomic E-state index is 0.391. The predicted molar refractivity (Wildman–Crippen MR) is 52.8 cm³/mol. The van der Waals surface area contributed by atoms with Gasteiger partial charge in [-0.1, -0.05) is 36.4 Å². The third kappa shape index (κ3) is 2.42. The van der Waals surface area contributed by atoms with Crippen LogP contribution in [-0.4, -0.2) is 0 Å². The van der Waals surface area contributed by atoms with Crippen LogP contribution < -0.4 is 5.32 Å². The number of rotatable bonds is 3. The molecule has 1 heteroatoms. The van der Waals surface area contributed by atoms with Crippen molar-refractivity contribution >= 4 is 0 Å². The van der Waals surface area contributed by atoms with E-state index in [1.807, 2.05) is 25.3 Å². The molecule has 0 saturated heterocycles. The second kappa shape index (κ2) is 4.60. The fourth-order valence-electron chi connectivity index (χ4n) is 1.08. The third-order valence-corrected chi connectivity index (χ3v) is 1.81. The topological polar surface area (TPSA) is 12.0 Å². The molecule has 0 bridgehead atoms. The summed E-state index contributed by atoms with van der Waals surface area (Å²) in [5.41, 5.74) is 1.32. The molecule has 1 aromatic carbocycles. The Bertz CT molecular complexity index is 238. The average Bonchev–Trinajstić information content (AvgIpc) is 2.15. The Morgan fingerprint density at radius 1 is 1.25 bits per heavy atom. The molecular weight excluding hydrogens is 146 g/mol. The molecule has 0 aliphatic heterocycles. The summed E-state index contributed by atoms with van der Waals surface area (Å²) in [6.45, 7) is 4.15. The molecule has 0 unspecified atom stereocenters. The quantitative estimate of drug-likeness (QED) is 0.718. The zero-order chi connectivity index (χ0) is 8.81. The Morgan fingerprint density at radius 2 is 1.92 bits per heavy atom. The van der Waals surface area contributed by atoms with E-state index in [1.54, 1.807) is 0 Å². The number of benzene rings is 1. The molecule has 0 aliphatic rings. The summed E-state index contributed by atoms with van der Waals surface area (Å²) in [4.78, 5) is 0. The van der Waals surface area contributed by atoms with Gasteiger partial charge in [0, 0.05) is 6.04 Å². The highest BCUT2D eigenvalue weighted by Gasteiger charge is 1.99.